The second kappa shape index (κ2) is 4.64. The average molecular weight is 257 g/mol. The largest absolute Gasteiger partial charge is 0.324 e. The van der Waals surface area contributed by atoms with E-state index in [1.165, 1.54) is 23.3 Å². The summed E-state index contributed by atoms with van der Waals surface area (Å²) in [6, 6.07) is 7.42. The predicted molar refractivity (Wildman–Crippen MR) is 79.4 cm³/mol. The second-order valence-corrected chi connectivity index (χ2v) is 6.12. The summed E-state index contributed by atoms with van der Waals surface area (Å²) < 4.78 is 2.40. The molecule has 1 saturated heterocycles. The molecule has 2 atom stereocenters. The molecule has 1 N–H and O–H groups in total. The molecule has 102 valence electrons. The maximum Gasteiger partial charge on any atom is 0.127 e. The number of aromatic nitrogens is 2. The van der Waals surface area contributed by atoms with Gasteiger partial charge in [-0.2, -0.15) is 0 Å². The Morgan fingerprint density at radius 1 is 1.37 bits per heavy atom. The molecular formula is C16H23N3. The van der Waals surface area contributed by atoms with Gasteiger partial charge in [-0.25, -0.2) is 4.98 Å². The van der Waals surface area contributed by atoms with E-state index in [0.29, 0.717) is 18.0 Å². The van der Waals surface area contributed by atoms with E-state index in [1.54, 1.807) is 0 Å². The van der Waals surface area contributed by atoms with Crippen LogP contribution in [-0.2, 0) is 0 Å². The number of aryl methyl sites for hydroxylation is 1. The van der Waals surface area contributed by atoms with E-state index >= 15 is 0 Å². The van der Waals surface area contributed by atoms with Crippen molar-refractivity contribution in [1.29, 1.82) is 0 Å². The number of imidazole rings is 1. The van der Waals surface area contributed by atoms with Gasteiger partial charge in [0.1, 0.15) is 5.82 Å². The smallest absolute Gasteiger partial charge is 0.127 e. The van der Waals surface area contributed by atoms with Gasteiger partial charge in [-0.1, -0.05) is 13.0 Å². The van der Waals surface area contributed by atoms with E-state index in [4.69, 9.17) is 4.98 Å². The van der Waals surface area contributed by atoms with Crippen LogP contribution in [0.1, 0.15) is 50.7 Å². The zero-order valence-electron chi connectivity index (χ0n) is 12.3. The predicted octanol–water partition coefficient (Wildman–Crippen LogP) is 3.60. The van der Waals surface area contributed by atoms with Crippen molar-refractivity contribution >= 4 is 11.0 Å². The molecule has 1 fully saturated rings. The molecule has 1 aliphatic heterocycles. The number of hydrogen-bond acceptors (Lipinski definition) is 2. The Hall–Kier alpha value is -1.35. The Kier molecular flexibility index (Phi) is 3.09. The van der Waals surface area contributed by atoms with Gasteiger partial charge >= 0.3 is 0 Å². The van der Waals surface area contributed by atoms with Crippen molar-refractivity contribution in [2.24, 2.45) is 5.92 Å². The molecule has 19 heavy (non-hydrogen) atoms. The summed E-state index contributed by atoms with van der Waals surface area (Å²) in [5.41, 5.74) is 3.67. The van der Waals surface area contributed by atoms with Gasteiger partial charge in [0, 0.05) is 6.04 Å². The highest BCUT2D eigenvalue weighted by molar-refractivity contribution is 5.77. The van der Waals surface area contributed by atoms with Crippen molar-refractivity contribution in [3.8, 4) is 0 Å². The lowest BCUT2D eigenvalue weighted by Crippen LogP contribution is -2.22. The summed E-state index contributed by atoms with van der Waals surface area (Å²) in [5, 5.41) is 3.61. The molecule has 3 heteroatoms. The number of fused-ring (bicyclic) bond motifs is 1. The van der Waals surface area contributed by atoms with Gasteiger partial charge in [0.15, 0.2) is 0 Å². The van der Waals surface area contributed by atoms with Crippen molar-refractivity contribution in [3.63, 3.8) is 0 Å². The van der Waals surface area contributed by atoms with Crippen LogP contribution in [0.4, 0.5) is 0 Å². The SMILES string of the molecule is Cc1ccc2c(c1)nc(C1NCCC1C)n2C(C)C. The fourth-order valence-corrected chi connectivity index (χ4v) is 3.17. The molecule has 1 aromatic heterocycles. The first-order valence-corrected chi connectivity index (χ1v) is 7.30. The van der Waals surface area contributed by atoms with Crippen LogP contribution < -0.4 is 5.32 Å². The van der Waals surface area contributed by atoms with Crippen molar-refractivity contribution in [2.45, 2.75) is 46.2 Å². The molecule has 0 saturated carbocycles. The van der Waals surface area contributed by atoms with Crippen LogP contribution in [0.25, 0.3) is 11.0 Å². The van der Waals surface area contributed by atoms with Crippen LogP contribution in [0.2, 0.25) is 0 Å². The minimum atomic E-state index is 0.398. The van der Waals surface area contributed by atoms with Gasteiger partial charge in [-0.3, -0.25) is 0 Å². The Morgan fingerprint density at radius 2 is 2.16 bits per heavy atom. The highest BCUT2D eigenvalue weighted by atomic mass is 15.2. The quantitative estimate of drug-likeness (QED) is 0.891. The summed E-state index contributed by atoms with van der Waals surface area (Å²) in [5.74, 6) is 1.87. The molecule has 0 radical (unpaired) electrons. The van der Waals surface area contributed by atoms with Crippen molar-refractivity contribution in [3.05, 3.63) is 29.6 Å². The van der Waals surface area contributed by atoms with Crippen molar-refractivity contribution in [1.82, 2.24) is 14.9 Å². The van der Waals surface area contributed by atoms with Gasteiger partial charge < -0.3 is 9.88 Å². The standard InChI is InChI=1S/C16H23N3/c1-10(2)19-14-6-5-11(3)9-13(14)18-16(19)15-12(4)7-8-17-15/h5-6,9-10,12,15,17H,7-8H2,1-4H3. The molecule has 2 heterocycles. The summed E-state index contributed by atoms with van der Waals surface area (Å²) in [6.07, 6.45) is 1.24. The van der Waals surface area contributed by atoms with Gasteiger partial charge in [0.25, 0.3) is 0 Å². The third-order valence-electron chi connectivity index (χ3n) is 4.20. The Bertz CT molecular complexity index is 597. The molecule has 3 rings (SSSR count). The van der Waals surface area contributed by atoms with Gasteiger partial charge in [-0.15, -0.1) is 0 Å². The summed E-state index contributed by atoms with van der Waals surface area (Å²) >= 11 is 0. The average Bonchev–Trinajstić information content (AvgIpc) is 2.91. The van der Waals surface area contributed by atoms with Crippen LogP contribution in [0, 0.1) is 12.8 Å². The van der Waals surface area contributed by atoms with Crippen LogP contribution in [0.5, 0.6) is 0 Å². The molecule has 0 bridgehead atoms. The van der Waals surface area contributed by atoms with E-state index in [2.05, 4.69) is 55.8 Å². The zero-order chi connectivity index (χ0) is 13.6. The van der Waals surface area contributed by atoms with Gasteiger partial charge in [-0.05, 0) is 57.4 Å². The number of rotatable bonds is 2. The summed E-state index contributed by atoms with van der Waals surface area (Å²) in [6.45, 7) is 10.0. The van der Waals surface area contributed by atoms with Gasteiger partial charge in [0.2, 0.25) is 0 Å². The lowest BCUT2D eigenvalue weighted by Gasteiger charge is -2.20. The third kappa shape index (κ3) is 2.06. The summed E-state index contributed by atoms with van der Waals surface area (Å²) in [7, 11) is 0. The molecular weight excluding hydrogens is 234 g/mol. The van der Waals surface area contributed by atoms with Crippen molar-refractivity contribution in [2.75, 3.05) is 6.54 Å². The fraction of sp³-hybridized carbons (Fsp3) is 0.562. The fourth-order valence-electron chi connectivity index (χ4n) is 3.17. The maximum atomic E-state index is 4.93. The highest BCUT2D eigenvalue weighted by Gasteiger charge is 2.29. The van der Waals surface area contributed by atoms with E-state index in [0.717, 1.165) is 12.1 Å². The normalized spacial score (nSPS) is 23.6. The number of hydrogen-bond donors (Lipinski definition) is 1. The van der Waals surface area contributed by atoms with Crippen LogP contribution in [-0.4, -0.2) is 16.1 Å². The first kappa shape index (κ1) is 12.7. The Balaban J connectivity index is 2.19. The van der Waals surface area contributed by atoms with Crippen LogP contribution >= 0.6 is 0 Å². The van der Waals surface area contributed by atoms with E-state index in [-0.39, 0.29) is 0 Å². The summed E-state index contributed by atoms with van der Waals surface area (Å²) in [4.78, 5) is 4.93. The molecule has 0 aliphatic carbocycles. The monoisotopic (exact) mass is 257 g/mol. The first-order valence-electron chi connectivity index (χ1n) is 7.30. The van der Waals surface area contributed by atoms with E-state index in [1.807, 2.05) is 0 Å². The first-order chi connectivity index (χ1) is 9.08. The molecule has 0 amide bonds. The van der Waals surface area contributed by atoms with E-state index < -0.39 is 0 Å². The zero-order valence-corrected chi connectivity index (χ0v) is 12.3. The van der Waals surface area contributed by atoms with Crippen LogP contribution in [0.3, 0.4) is 0 Å². The Morgan fingerprint density at radius 3 is 2.79 bits per heavy atom. The molecule has 3 nitrogen and oxygen atoms in total. The molecule has 1 aliphatic rings. The lowest BCUT2D eigenvalue weighted by atomic mass is 10.0. The molecule has 2 aromatic rings. The highest BCUT2D eigenvalue weighted by Crippen LogP contribution is 2.33. The molecule has 1 aromatic carbocycles. The van der Waals surface area contributed by atoms with Gasteiger partial charge in [0.05, 0.1) is 17.1 Å². The number of nitrogens with zero attached hydrogens (tertiary/aromatic N) is 2. The maximum absolute atomic E-state index is 4.93. The molecule has 2 unspecified atom stereocenters. The van der Waals surface area contributed by atoms with E-state index in [9.17, 15) is 0 Å². The van der Waals surface area contributed by atoms with Crippen molar-refractivity contribution < 1.29 is 0 Å². The van der Waals surface area contributed by atoms with Crippen LogP contribution in [0.15, 0.2) is 18.2 Å². The minimum absolute atomic E-state index is 0.398. The second-order valence-electron chi connectivity index (χ2n) is 6.12. The number of nitrogens with one attached hydrogen (secondary N) is 1. The lowest BCUT2D eigenvalue weighted by molar-refractivity contribution is 0.444. The number of benzene rings is 1. The Labute approximate surface area is 115 Å². The topological polar surface area (TPSA) is 29.9 Å². The molecule has 0 spiro atoms. The third-order valence-corrected chi connectivity index (χ3v) is 4.20. The minimum Gasteiger partial charge on any atom is -0.324 e.